The Morgan fingerprint density at radius 3 is 3.21 bits per heavy atom. The molecule has 1 aromatic rings. The first-order valence-corrected chi connectivity index (χ1v) is 8.20. The second kappa shape index (κ2) is 5.87. The van der Waals surface area contributed by atoms with Crippen LogP contribution in [0.4, 0.5) is 0 Å². The van der Waals surface area contributed by atoms with E-state index in [-0.39, 0.29) is 0 Å². The number of hydrogen-bond acceptors (Lipinski definition) is 5. The third-order valence-electron chi connectivity index (χ3n) is 4.36. The summed E-state index contributed by atoms with van der Waals surface area (Å²) in [4.78, 5) is 10.0. The maximum atomic E-state index is 4.71. The van der Waals surface area contributed by atoms with Gasteiger partial charge in [-0.05, 0) is 33.4 Å². The first kappa shape index (κ1) is 13.5. The van der Waals surface area contributed by atoms with E-state index in [1.165, 1.54) is 43.2 Å². The van der Waals surface area contributed by atoms with E-state index in [0.29, 0.717) is 6.04 Å². The zero-order chi connectivity index (χ0) is 13.2. The maximum Gasteiger partial charge on any atom is 0.107 e. The molecule has 3 heterocycles. The summed E-state index contributed by atoms with van der Waals surface area (Å²) in [7, 11) is 1.97. The van der Waals surface area contributed by atoms with Gasteiger partial charge in [0.1, 0.15) is 5.01 Å². The monoisotopic (exact) mass is 280 g/mol. The van der Waals surface area contributed by atoms with E-state index in [0.717, 1.165) is 19.1 Å². The second-order valence-electron chi connectivity index (χ2n) is 5.83. The Kier molecular flexibility index (Phi) is 4.17. The summed E-state index contributed by atoms with van der Waals surface area (Å²) in [6.45, 7) is 8.03. The van der Waals surface area contributed by atoms with Crippen LogP contribution >= 0.6 is 11.3 Å². The fourth-order valence-electron chi connectivity index (χ4n) is 3.33. The lowest BCUT2D eigenvalue weighted by Gasteiger charge is -2.42. The first-order chi connectivity index (χ1) is 9.26. The van der Waals surface area contributed by atoms with Crippen LogP contribution in [0.3, 0.4) is 0 Å². The van der Waals surface area contributed by atoms with Gasteiger partial charge in [-0.3, -0.25) is 9.80 Å². The quantitative estimate of drug-likeness (QED) is 0.906. The molecule has 106 valence electrons. The Hall–Kier alpha value is -0.490. The average Bonchev–Trinajstić information content (AvgIpc) is 2.99. The van der Waals surface area contributed by atoms with E-state index >= 15 is 0 Å². The van der Waals surface area contributed by atoms with Gasteiger partial charge >= 0.3 is 0 Å². The molecular formula is C14H24N4S. The van der Waals surface area contributed by atoms with Crippen LogP contribution < -0.4 is 5.32 Å². The van der Waals surface area contributed by atoms with Crippen LogP contribution in [0.1, 0.15) is 30.5 Å². The molecule has 0 saturated carbocycles. The van der Waals surface area contributed by atoms with E-state index in [9.17, 15) is 0 Å². The van der Waals surface area contributed by atoms with Crippen LogP contribution in [-0.2, 0) is 13.1 Å². The smallest absolute Gasteiger partial charge is 0.107 e. The highest BCUT2D eigenvalue weighted by Gasteiger charge is 2.34. The predicted octanol–water partition coefficient (Wildman–Crippen LogP) is 1.53. The number of rotatable bonds is 4. The van der Waals surface area contributed by atoms with Crippen molar-refractivity contribution in [2.45, 2.75) is 44.9 Å². The van der Waals surface area contributed by atoms with Crippen molar-refractivity contribution in [3.8, 4) is 0 Å². The highest BCUT2D eigenvalue weighted by Crippen LogP contribution is 2.25. The van der Waals surface area contributed by atoms with Crippen molar-refractivity contribution in [3.63, 3.8) is 0 Å². The molecule has 1 N–H and O–H groups in total. The molecule has 0 amide bonds. The van der Waals surface area contributed by atoms with E-state index < -0.39 is 0 Å². The third kappa shape index (κ3) is 2.99. The molecule has 3 rings (SSSR count). The maximum absolute atomic E-state index is 4.71. The SMILES string of the molecule is CNCc1nc(CN2CC3CCCN3CC2C)cs1. The van der Waals surface area contributed by atoms with Crippen LogP contribution in [0.2, 0.25) is 0 Å². The molecule has 0 spiro atoms. The molecule has 2 aliphatic heterocycles. The summed E-state index contributed by atoms with van der Waals surface area (Å²) in [5, 5.41) is 6.59. The Bertz CT molecular complexity index is 419. The Balaban J connectivity index is 1.61. The molecule has 4 nitrogen and oxygen atoms in total. The summed E-state index contributed by atoms with van der Waals surface area (Å²) in [6, 6.07) is 1.45. The standard InChI is InChI=1S/C14H24N4S/c1-11-7-17-5-3-4-13(17)9-18(11)8-12-10-19-14(16-12)6-15-2/h10-11,13,15H,3-9H2,1-2H3. The van der Waals surface area contributed by atoms with Crippen molar-refractivity contribution in [1.82, 2.24) is 20.1 Å². The minimum Gasteiger partial charge on any atom is -0.314 e. The van der Waals surface area contributed by atoms with Crippen molar-refractivity contribution < 1.29 is 0 Å². The van der Waals surface area contributed by atoms with Gasteiger partial charge in [-0.2, -0.15) is 0 Å². The lowest BCUT2D eigenvalue weighted by atomic mass is 10.1. The van der Waals surface area contributed by atoms with Gasteiger partial charge in [0.25, 0.3) is 0 Å². The van der Waals surface area contributed by atoms with Crippen LogP contribution in [0.15, 0.2) is 5.38 Å². The molecule has 2 fully saturated rings. The molecular weight excluding hydrogens is 256 g/mol. The lowest BCUT2D eigenvalue weighted by molar-refractivity contribution is 0.0533. The van der Waals surface area contributed by atoms with Crippen LogP contribution in [-0.4, -0.2) is 53.5 Å². The normalized spacial score (nSPS) is 28.7. The van der Waals surface area contributed by atoms with E-state index in [2.05, 4.69) is 27.4 Å². The van der Waals surface area contributed by atoms with E-state index in [1.54, 1.807) is 11.3 Å². The molecule has 0 aliphatic carbocycles. The second-order valence-corrected chi connectivity index (χ2v) is 6.78. The summed E-state index contributed by atoms with van der Waals surface area (Å²) < 4.78 is 0. The number of thiazole rings is 1. The Morgan fingerprint density at radius 2 is 2.37 bits per heavy atom. The number of aromatic nitrogens is 1. The number of piperazine rings is 1. The van der Waals surface area contributed by atoms with Gasteiger partial charge in [-0.1, -0.05) is 0 Å². The van der Waals surface area contributed by atoms with Crippen LogP contribution in [0.25, 0.3) is 0 Å². The first-order valence-electron chi connectivity index (χ1n) is 7.32. The zero-order valence-electron chi connectivity index (χ0n) is 11.9. The van der Waals surface area contributed by atoms with Gasteiger partial charge in [0, 0.05) is 43.6 Å². The van der Waals surface area contributed by atoms with Gasteiger partial charge in [0.15, 0.2) is 0 Å². The molecule has 5 heteroatoms. The van der Waals surface area contributed by atoms with E-state index in [4.69, 9.17) is 4.98 Å². The zero-order valence-corrected chi connectivity index (χ0v) is 12.7. The summed E-state index contributed by atoms with van der Waals surface area (Å²) in [5.74, 6) is 0. The lowest BCUT2D eigenvalue weighted by Crippen LogP contribution is -2.54. The van der Waals surface area contributed by atoms with Gasteiger partial charge in [0.2, 0.25) is 0 Å². The molecule has 1 aromatic heterocycles. The Labute approximate surface area is 119 Å². The molecule has 2 aliphatic rings. The Morgan fingerprint density at radius 1 is 1.47 bits per heavy atom. The van der Waals surface area contributed by atoms with Crippen LogP contribution in [0, 0.1) is 0 Å². The van der Waals surface area contributed by atoms with Gasteiger partial charge in [0.05, 0.1) is 5.69 Å². The van der Waals surface area contributed by atoms with Gasteiger partial charge in [-0.15, -0.1) is 11.3 Å². The van der Waals surface area contributed by atoms with Crippen molar-refractivity contribution in [1.29, 1.82) is 0 Å². The third-order valence-corrected chi connectivity index (χ3v) is 5.26. The molecule has 0 bridgehead atoms. The van der Waals surface area contributed by atoms with Crippen molar-refractivity contribution in [2.75, 3.05) is 26.7 Å². The van der Waals surface area contributed by atoms with Crippen molar-refractivity contribution in [3.05, 3.63) is 16.1 Å². The summed E-state index contributed by atoms with van der Waals surface area (Å²) in [6.07, 6.45) is 2.76. The number of fused-ring (bicyclic) bond motifs is 1. The van der Waals surface area contributed by atoms with Gasteiger partial charge < -0.3 is 5.32 Å². The van der Waals surface area contributed by atoms with Crippen LogP contribution in [0.5, 0.6) is 0 Å². The minimum atomic E-state index is 0.656. The predicted molar refractivity (Wildman–Crippen MR) is 79.3 cm³/mol. The van der Waals surface area contributed by atoms with Crippen molar-refractivity contribution >= 4 is 11.3 Å². The fourth-order valence-corrected chi connectivity index (χ4v) is 4.13. The molecule has 2 atom stereocenters. The fraction of sp³-hybridized carbons (Fsp3) is 0.786. The average molecular weight is 280 g/mol. The summed E-state index contributed by atoms with van der Waals surface area (Å²) >= 11 is 1.77. The minimum absolute atomic E-state index is 0.656. The molecule has 19 heavy (non-hydrogen) atoms. The molecule has 2 saturated heterocycles. The number of nitrogens with zero attached hydrogens (tertiary/aromatic N) is 3. The highest BCUT2D eigenvalue weighted by molar-refractivity contribution is 7.09. The molecule has 0 aromatic carbocycles. The molecule has 2 unspecified atom stereocenters. The van der Waals surface area contributed by atoms with Crippen molar-refractivity contribution in [2.24, 2.45) is 0 Å². The number of nitrogens with one attached hydrogen (secondary N) is 1. The summed E-state index contributed by atoms with van der Waals surface area (Å²) in [5.41, 5.74) is 1.24. The van der Waals surface area contributed by atoms with Gasteiger partial charge in [-0.25, -0.2) is 4.98 Å². The topological polar surface area (TPSA) is 31.4 Å². The largest absolute Gasteiger partial charge is 0.314 e. The van der Waals surface area contributed by atoms with E-state index in [1.807, 2.05) is 7.05 Å². The highest BCUT2D eigenvalue weighted by atomic mass is 32.1. The molecule has 0 radical (unpaired) electrons. The number of hydrogen-bond donors (Lipinski definition) is 1.